The van der Waals surface area contributed by atoms with Crippen molar-refractivity contribution < 1.29 is 14.4 Å². The molecule has 2 aliphatic rings. The fourth-order valence-electron chi connectivity index (χ4n) is 3.49. The Bertz CT molecular complexity index is 573. The number of hydrogen-bond acceptors (Lipinski definition) is 5. The van der Waals surface area contributed by atoms with Crippen molar-refractivity contribution in [3.8, 4) is 0 Å². The van der Waals surface area contributed by atoms with E-state index < -0.39 is 4.92 Å². The molecule has 2 aliphatic heterocycles. The summed E-state index contributed by atoms with van der Waals surface area (Å²) in [6.45, 7) is 5.09. The fourth-order valence-corrected chi connectivity index (χ4v) is 3.87. The van der Waals surface area contributed by atoms with E-state index in [9.17, 15) is 10.1 Å². The molecule has 24 heavy (non-hydrogen) atoms. The van der Waals surface area contributed by atoms with Crippen LogP contribution in [-0.2, 0) is 9.47 Å². The molecule has 132 valence electrons. The van der Waals surface area contributed by atoms with Gasteiger partial charge in [0.05, 0.1) is 34.4 Å². The highest BCUT2D eigenvalue weighted by molar-refractivity contribution is 6.33. The summed E-state index contributed by atoms with van der Waals surface area (Å²) in [6, 6.07) is 3.02. The highest BCUT2D eigenvalue weighted by Crippen LogP contribution is 2.35. The van der Waals surface area contributed by atoms with E-state index in [1.165, 1.54) is 6.07 Å². The first-order valence-corrected chi connectivity index (χ1v) is 8.85. The van der Waals surface area contributed by atoms with Gasteiger partial charge in [0, 0.05) is 31.8 Å². The number of nitrogens with zero attached hydrogens (tertiary/aromatic N) is 2. The van der Waals surface area contributed by atoms with Gasteiger partial charge < -0.3 is 14.4 Å². The second-order valence-corrected chi connectivity index (χ2v) is 6.91. The Morgan fingerprint density at radius 2 is 2.12 bits per heavy atom. The van der Waals surface area contributed by atoms with Gasteiger partial charge in [0.2, 0.25) is 0 Å². The number of nitro groups is 1. The largest absolute Gasteiger partial charge is 0.376 e. The molecular formula is C17H23ClN2O4. The van der Waals surface area contributed by atoms with E-state index in [1.54, 1.807) is 6.07 Å². The number of anilines is 1. The zero-order chi connectivity index (χ0) is 17.1. The minimum atomic E-state index is -0.409. The standard InChI is InChI=1S/C17H23ClN2O4/c1-12-9-13(20(21)22)10-16(18)17(12)19-6-4-14(5-7-19)24-11-15-3-2-8-23-15/h9-10,14-15H,2-8,11H2,1H3. The summed E-state index contributed by atoms with van der Waals surface area (Å²) >= 11 is 6.30. The van der Waals surface area contributed by atoms with Crippen LogP contribution in [0.15, 0.2) is 12.1 Å². The number of halogens is 1. The molecule has 0 N–H and O–H groups in total. The van der Waals surface area contributed by atoms with Gasteiger partial charge in [0.1, 0.15) is 0 Å². The molecule has 0 saturated carbocycles. The Hall–Kier alpha value is -1.37. The summed E-state index contributed by atoms with van der Waals surface area (Å²) in [5.74, 6) is 0. The van der Waals surface area contributed by atoms with Crippen molar-refractivity contribution in [3.63, 3.8) is 0 Å². The fraction of sp³-hybridized carbons (Fsp3) is 0.647. The number of hydrogen-bond donors (Lipinski definition) is 0. The van der Waals surface area contributed by atoms with E-state index in [0.29, 0.717) is 11.6 Å². The molecule has 0 aliphatic carbocycles. The maximum absolute atomic E-state index is 10.9. The van der Waals surface area contributed by atoms with Crippen LogP contribution in [0.5, 0.6) is 0 Å². The van der Waals surface area contributed by atoms with E-state index >= 15 is 0 Å². The molecule has 1 unspecified atom stereocenters. The van der Waals surface area contributed by atoms with Crippen molar-refractivity contribution >= 4 is 23.0 Å². The molecule has 3 rings (SSSR count). The predicted octanol–water partition coefficient (Wildman–Crippen LogP) is 3.72. The monoisotopic (exact) mass is 354 g/mol. The van der Waals surface area contributed by atoms with Crippen LogP contribution in [0.3, 0.4) is 0 Å². The molecule has 1 aromatic rings. The Morgan fingerprint density at radius 1 is 1.38 bits per heavy atom. The maximum atomic E-state index is 10.9. The van der Waals surface area contributed by atoms with Crippen LogP contribution in [0.2, 0.25) is 5.02 Å². The van der Waals surface area contributed by atoms with Gasteiger partial charge in [0.25, 0.3) is 5.69 Å². The minimum absolute atomic E-state index is 0.0380. The lowest BCUT2D eigenvalue weighted by molar-refractivity contribution is -0.384. The van der Waals surface area contributed by atoms with Gasteiger partial charge in [-0.3, -0.25) is 10.1 Å². The average Bonchev–Trinajstić information content (AvgIpc) is 3.07. The zero-order valence-electron chi connectivity index (χ0n) is 13.9. The first-order valence-electron chi connectivity index (χ1n) is 8.47. The lowest BCUT2D eigenvalue weighted by Crippen LogP contribution is -2.38. The summed E-state index contributed by atoms with van der Waals surface area (Å²) in [7, 11) is 0. The summed E-state index contributed by atoms with van der Waals surface area (Å²) in [6.07, 6.45) is 4.59. The molecule has 0 aromatic heterocycles. The third-order valence-corrected chi connectivity index (χ3v) is 5.04. The van der Waals surface area contributed by atoms with Crippen molar-refractivity contribution in [2.24, 2.45) is 0 Å². The van der Waals surface area contributed by atoms with Gasteiger partial charge in [-0.2, -0.15) is 0 Å². The van der Waals surface area contributed by atoms with Crippen LogP contribution >= 0.6 is 11.6 Å². The van der Waals surface area contributed by atoms with E-state index in [2.05, 4.69) is 4.90 Å². The number of nitro benzene ring substituents is 1. The zero-order valence-corrected chi connectivity index (χ0v) is 14.6. The quantitative estimate of drug-likeness (QED) is 0.595. The third kappa shape index (κ3) is 3.99. The van der Waals surface area contributed by atoms with Gasteiger partial charge in [0.15, 0.2) is 0 Å². The van der Waals surface area contributed by atoms with Crippen LogP contribution in [0.1, 0.15) is 31.2 Å². The van der Waals surface area contributed by atoms with Crippen molar-refractivity contribution in [2.45, 2.75) is 44.8 Å². The summed E-state index contributed by atoms with van der Waals surface area (Å²) in [4.78, 5) is 12.7. The highest BCUT2D eigenvalue weighted by atomic mass is 35.5. The Labute approximate surface area is 146 Å². The molecule has 0 radical (unpaired) electrons. The van der Waals surface area contributed by atoms with Crippen LogP contribution < -0.4 is 4.90 Å². The normalized spacial score (nSPS) is 22.1. The van der Waals surface area contributed by atoms with Crippen LogP contribution in [0.25, 0.3) is 0 Å². The smallest absolute Gasteiger partial charge is 0.271 e. The van der Waals surface area contributed by atoms with Crippen molar-refractivity contribution in [1.29, 1.82) is 0 Å². The van der Waals surface area contributed by atoms with Crippen LogP contribution in [0, 0.1) is 17.0 Å². The van der Waals surface area contributed by atoms with Gasteiger partial charge in [-0.15, -0.1) is 0 Å². The summed E-state index contributed by atoms with van der Waals surface area (Å²) in [5, 5.41) is 11.4. The number of non-ortho nitro benzene ring substituents is 1. The first-order chi connectivity index (χ1) is 11.5. The maximum Gasteiger partial charge on any atom is 0.271 e. The number of piperidine rings is 1. The van der Waals surface area contributed by atoms with Crippen molar-refractivity contribution in [1.82, 2.24) is 0 Å². The second kappa shape index (κ2) is 7.68. The van der Waals surface area contributed by atoms with Crippen molar-refractivity contribution in [3.05, 3.63) is 32.8 Å². The SMILES string of the molecule is Cc1cc([N+](=O)[O-])cc(Cl)c1N1CCC(OCC2CCCO2)CC1. The summed E-state index contributed by atoms with van der Waals surface area (Å²) in [5.41, 5.74) is 1.78. The molecule has 2 fully saturated rings. The van der Waals surface area contributed by atoms with E-state index in [-0.39, 0.29) is 17.9 Å². The van der Waals surface area contributed by atoms with Gasteiger partial charge in [-0.1, -0.05) is 11.6 Å². The number of benzene rings is 1. The summed E-state index contributed by atoms with van der Waals surface area (Å²) < 4.78 is 11.6. The second-order valence-electron chi connectivity index (χ2n) is 6.50. The molecule has 1 aromatic carbocycles. The van der Waals surface area contributed by atoms with Crippen LogP contribution in [0.4, 0.5) is 11.4 Å². The first kappa shape index (κ1) is 17.5. The number of aryl methyl sites for hydroxylation is 1. The lowest BCUT2D eigenvalue weighted by Gasteiger charge is -2.35. The van der Waals surface area contributed by atoms with Crippen LogP contribution in [-0.4, -0.2) is 43.4 Å². The molecule has 2 saturated heterocycles. The molecule has 0 spiro atoms. The molecule has 1 atom stereocenters. The van der Waals surface area contributed by atoms with E-state index in [4.69, 9.17) is 21.1 Å². The van der Waals surface area contributed by atoms with Gasteiger partial charge in [-0.25, -0.2) is 0 Å². The third-order valence-electron chi connectivity index (χ3n) is 4.75. The highest BCUT2D eigenvalue weighted by Gasteiger charge is 2.25. The minimum Gasteiger partial charge on any atom is -0.376 e. The van der Waals surface area contributed by atoms with Gasteiger partial charge >= 0.3 is 0 Å². The average molecular weight is 355 g/mol. The Kier molecular flexibility index (Phi) is 5.58. The predicted molar refractivity (Wildman–Crippen MR) is 93.0 cm³/mol. The molecule has 2 heterocycles. The number of ether oxygens (including phenoxy) is 2. The van der Waals surface area contributed by atoms with E-state index in [1.807, 2.05) is 6.92 Å². The number of rotatable bonds is 5. The Balaban J connectivity index is 1.57. The molecule has 6 nitrogen and oxygen atoms in total. The molecule has 0 amide bonds. The molecule has 0 bridgehead atoms. The molecule has 7 heteroatoms. The van der Waals surface area contributed by atoms with Gasteiger partial charge in [-0.05, 0) is 38.2 Å². The topological polar surface area (TPSA) is 64.8 Å². The Morgan fingerprint density at radius 3 is 2.71 bits per heavy atom. The molecular weight excluding hydrogens is 332 g/mol. The van der Waals surface area contributed by atoms with Crippen molar-refractivity contribution in [2.75, 3.05) is 31.2 Å². The van der Waals surface area contributed by atoms with E-state index in [0.717, 1.165) is 56.6 Å². The lowest BCUT2D eigenvalue weighted by atomic mass is 10.0.